The van der Waals surface area contributed by atoms with E-state index in [1.807, 2.05) is 24.3 Å². The van der Waals surface area contributed by atoms with Gasteiger partial charge in [0.25, 0.3) is 5.91 Å². The van der Waals surface area contributed by atoms with E-state index in [-0.39, 0.29) is 5.91 Å². The van der Waals surface area contributed by atoms with Crippen molar-refractivity contribution in [2.75, 3.05) is 5.32 Å². The molecular weight excluding hydrogens is 292 g/mol. The number of benzene rings is 1. The molecule has 0 saturated heterocycles. The molecule has 1 N–H and O–H groups in total. The van der Waals surface area contributed by atoms with Gasteiger partial charge in [0, 0.05) is 16.4 Å². The van der Waals surface area contributed by atoms with Crippen molar-refractivity contribution < 1.29 is 4.79 Å². The molecular formula is C14H13BrN2O. The fourth-order valence-electron chi connectivity index (χ4n) is 1.57. The van der Waals surface area contributed by atoms with Gasteiger partial charge in [-0.25, -0.2) is 4.98 Å². The Hall–Kier alpha value is -1.68. The van der Waals surface area contributed by atoms with Gasteiger partial charge in [-0.1, -0.05) is 19.1 Å². The maximum absolute atomic E-state index is 11.9. The lowest BCUT2D eigenvalue weighted by atomic mass is 10.1. The average molecular weight is 305 g/mol. The van der Waals surface area contributed by atoms with Crippen molar-refractivity contribution in [3.05, 3.63) is 58.3 Å². The Kier molecular flexibility index (Phi) is 4.10. The van der Waals surface area contributed by atoms with Gasteiger partial charge in [-0.05, 0) is 52.2 Å². The first-order valence-corrected chi connectivity index (χ1v) is 6.50. The number of nitrogens with zero attached hydrogens (tertiary/aromatic N) is 1. The van der Waals surface area contributed by atoms with Crippen molar-refractivity contribution >= 4 is 27.5 Å². The smallest absolute Gasteiger partial charge is 0.274 e. The van der Waals surface area contributed by atoms with Crippen molar-refractivity contribution in [1.82, 2.24) is 4.98 Å². The number of hydrogen-bond donors (Lipinski definition) is 1. The lowest BCUT2D eigenvalue weighted by Crippen LogP contribution is -2.13. The summed E-state index contributed by atoms with van der Waals surface area (Å²) in [6.07, 6.45) is 2.55. The molecule has 92 valence electrons. The highest BCUT2D eigenvalue weighted by Crippen LogP contribution is 2.13. The number of nitrogens with one attached hydrogen (secondary N) is 1. The Bertz CT molecular complexity index is 552. The predicted octanol–water partition coefficient (Wildman–Crippen LogP) is 3.66. The molecule has 0 aliphatic rings. The minimum absolute atomic E-state index is 0.198. The van der Waals surface area contributed by atoms with E-state index in [9.17, 15) is 4.79 Å². The summed E-state index contributed by atoms with van der Waals surface area (Å²) in [7, 11) is 0. The average Bonchev–Trinajstić information content (AvgIpc) is 2.39. The predicted molar refractivity (Wildman–Crippen MR) is 75.7 cm³/mol. The third kappa shape index (κ3) is 3.17. The number of anilines is 1. The van der Waals surface area contributed by atoms with Gasteiger partial charge in [-0.15, -0.1) is 0 Å². The van der Waals surface area contributed by atoms with Crippen LogP contribution in [0.4, 0.5) is 5.69 Å². The Balaban J connectivity index is 2.13. The van der Waals surface area contributed by atoms with Gasteiger partial charge >= 0.3 is 0 Å². The molecule has 0 bridgehead atoms. The van der Waals surface area contributed by atoms with Crippen LogP contribution >= 0.6 is 15.9 Å². The fourth-order valence-corrected chi connectivity index (χ4v) is 1.81. The molecule has 2 rings (SSSR count). The van der Waals surface area contributed by atoms with Gasteiger partial charge < -0.3 is 5.32 Å². The SMILES string of the molecule is CCc1cccc(NC(=O)c2ccc(Br)cn2)c1. The molecule has 0 aliphatic carbocycles. The number of carbonyl (C=O) groups excluding carboxylic acids is 1. The second-order valence-corrected chi connectivity index (χ2v) is 4.79. The molecule has 0 unspecified atom stereocenters. The Morgan fingerprint density at radius 3 is 2.83 bits per heavy atom. The van der Waals surface area contributed by atoms with Crippen molar-refractivity contribution in [3.8, 4) is 0 Å². The van der Waals surface area contributed by atoms with Gasteiger partial charge in [0.1, 0.15) is 5.69 Å². The number of halogens is 1. The minimum Gasteiger partial charge on any atom is -0.321 e. The quantitative estimate of drug-likeness (QED) is 0.940. The number of carbonyl (C=O) groups is 1. The van der Waals surface area contributed by atoms with Crippen LogP contribution in [0.2, 0.25) is 0 Å². The van der Waals surface area contributed by atoms with Crippen molar-refractivity contribution in [2.24, 2.45) is 0 Å². The Morgan fingerprint density at radius 2 is 2.17 bits per heavy atom. The number of pyridine rings is 1. The zero-order chi connectivity index (χ0) is 13.0. The third-order valence-corrected chi connectivity index (χ3v) is 3.02. The number of rotatable bonds is 3. The van der Waals surface area contributed by atoms with E-state index in [0.717, 1.165) is 16.6 Å². The molecule has 0 atom stereocenters. The molecule has 18 heavy (non-hydrogen) atoms. The molecule has 0 saturated carbocycles. The third-order valence-electron chi connectivity index (χ3n) is 2.55. The first-order valence-electron chi connectivity index (χ1n) is 5.71. The van der Waals surface area contributed by atoms with Crippen LogP contribution in [0, 0.1) is 0 Å². The first-order chi connectivity index (χ1) is 8.69. The van der Waals surface area contributed by atoms with E-state index >= 15 is 0 Å². The molecule has 1 aromatic carbocycles. The van der Waals surface area contributed by atoms with E-state index < -0.39 is 0 Å². The molecule has 0 radical (unpaired) electrons. The lowest BCUT2D eigenvalue weighted by molar-refractivity contribution is 0.102. The molecule has 0 fully saturated rings. The van der Waals surface area contributed by atoms with E-state index in [1.165, 1.54) is 5.56 Å². The van der Waals surface area contributed by atoms with E-state index in [2.05, 4.69) is 33.2 Å². The summed E-state index contributed by atoms with van der Waals surface area (Å²) < 4.78 is 0.854. The molecule has 1 amide bonds. The van der Waals surface area contributed by atoms with Crippen LogP contribution in [0.5, 0.6) is 0 Å². The highest BCUT2D eigenvalue weighted by molar-refractivity contribution is 9.10. The van der Waals surface area contributed by atoms with Gasteiger partial charge in [-0.3, -0.25) is 4.79 Å². The van der Waals surface area contributed by atoms with Crippen LogP contribution in [0.3, 0.4) is 0 Å². The number of amides is 1. The zero-order valence-corrected chi connectivity index (χ0v) is 11.6. The summed E-state index contributed by atoms with van der Waals surface area (Å²) in [6, 6.07) is 11.3. The summed E-state index contributed by atoms with van der Waals surface area (Å²) in [6.45, 7) is 2.08. The zero-order valence-electron chi connectivity index (χ0n) is 9.98. The number of aryl methyl sites for hydroxylation is 1. The van der Waals surface area contributed by atoms with E-state index in [0.29, 0.717) is 5.69 Å². The maximum atomic E-state index is 11.9. The van der Waals surface area contributed by atoms with Crippen LogP contribution in [-0.4, -0.2) is 10.9 Å². The van der Waals surface area contributed by atoms with Gasteiger partial charge in [-0.2, -0.15) is 0 Å². The first kappa shape index (κ1) is 12.8. The normalized spacial score (nSPS) is 10.1. The van der Waals surface area contributed by atoms with Crippen molar-refractivity contribution in [1.29, 1.82) is 0 Å². The van der Waals surface area contributed by atoms with Crippen LogP contribution < -0.4 is 5.32 Å². The summed E-state index contributed by atoms with van der Waals surface area (Å²) in [4.78, 5) is 16.0. The standard InChI is InChI=1S/C14H13BrN2O/c1-2-10-4-3-5-12(8-10)17-14(18)13-7-6-11(15)9-16-13/h3-9H,2H2,1H3,(H,17,18). The molecule has 0 aliphatic heterocycles. The van der Waals surface area contributed by atoms with E-state index in [4.69, 9.17) is 0 Å². The molecule has 2 aromatic rings. The largest absolute Gasteiger partial charge is 0.321 e. The molecule has 4 heteroatoms. The lowest BCUT2D eigenvalue weighted by Gasteiger charge is -2.06. The summed E-state index contributed by atoms with van der Waals surface area (Å²) in [5.41, 5.74) is 2.39. The van der Waals surface area contributed by atoms with Crippen molar-refractivity contribution in [3.63, 3.8) is 0 Å². The van der Waals surface area contributed by atoms with Gasteiger partial charge in [0.15, 0.2) is 0 Å². The topological polar surface area (TPSA) is 42.0 Å². The van der Waals surface area contributed by atoms with Crippen LogP contribution in [0.25, 0.3) is 0 Å². The second-order valence-electron chi connectivity index (χ2n) is 3.87. The summed E-state index contributed by atoms with van der Waals surface area (Å²) >= 11 is 3.29. The summed E-state index contributed by atoms with van der Waals surface area (Å²) in [5, 5.41) is 2.84. The summed E-state index contributed by atoms with van der Waals surface area (Å²) in [5.74, 6) is -0.198. The minimum atomic E-state index is -0.198. The van der Waals surface area contributed by atoms with Crippen molar-refractivity contribution in [2.45, 2.75) is 13.3 Å². The number of aromatic nitrogens is 1. The highest BCUT2D eigenvalue weighted by atomic mass is 79.9. The van der Waals surface area contributed by atoms with Crippen LogP contribution in [0.15, 0.2) is 47.1 Å². The fraction of sp³-hybridized carbons (Fsp3) is 0.143. The molecule has 1 aromatic heterocycles. The molecule has 0 spiro atoms. The van der Waals surface area contributed by atoms with Gasteiger partial charge in [0.05, 0.1) is 0 Å². The van der Waals surface area contributed by atoms with Gasteiger partial charge in [0.2, 0.25) is 0 Å². The monoisotopic (exact) mass is 304 g/mol. The van der Waals surface area contributed by atoms with E-state index in [1.54, 1.807) is 18.3 Å². The Labute approximate surface area is 114 Å². The molecule has 3 nitrogen and oxygen atoms in total. The van der Waals surface area contributed by atoms with Crippen LogP contribution in [0.1, 0.15) is 23.0 Å². The second kappa shape index (κ2) is 5.78. The van der Waals surface area contributed by atoms with Crippen LogP contribution in [-0.2, 0) is 6.42 Å². The maximum Gasteiger partial charge on any atom is 0.274 e. The Morgan fingerprint density at radius 1 is 1.33 bits per heavy atom. The number of hydrogen-bond acceptors (Lipinski definition) is 2. The molecule has 1 heterocycles. The highest BCUT2D eigenvalue weighted by Gasteiger charge is 2.07.